The van der Waals surface area contributed by atoms with Crippen molar-refractivity contribution >= 4 is 5.78 Å². The molecule has 0 saturated heterocycles. The van der Waals surface area contributed by atoms with Crippen molar-refractivity contribution in [1.29, 1.82) is 0 Å². The van der Waals surface area contributed by atoms with Crippen molar-refractivity contribution in [3.8, 4) is 0 Å². The summed E-state index contributed by atoms with van der Waals surface area (Å²) in [5, 5.41) is 0. The van der Waals surface area contributed by atoms with Gasteiger partial charge in [-0.1, -0.05) is 12.1 Å². The largest absolute Gasteiger partial charge is 0.289 e. The van der Waals surface area contributed by atoms with Gasteiger partial charge in [0.2, 0.25) is 0 Å². The third kappa shape index (κ3) is 2.53. The van der Waals surface area contributed by atoms with Crippen LogP contribution in [0.1, 0.15) is 54.9 Å². The SMILES string of the molecule is Cc1ccc(C(=O)c2c(C)c(C)c(C)c(C)c2C)cc1C. The lowest BCUT2D eigenvalue weighted by Crippen LogP contribution is -2.11. The van der Waals surface area contributed by atoms with Gasteiger partial charge >= 0.3 is 0 Å². The van der Waals surface area contributed by atoms with Gasteiger partial charge in [-0.2, -0.15) is 0 Å². The van der Waals surface area contributed by atoms with Crippen LogP contribution in [0.3, 0.4) is 0 Å². The smallest absolute Gasteiger partial charge is 0.193 e. The van der Waals surface area contributed by atoms with Crippen molar-refractivity contribution < 1.29 is 4.79 Å². The van der Waals surface area contributed by atoms with Gasteiger partial charge < -0.3 is 0 Å². The summed E-state index contributed by atoms with van der Waals surface area (Å²) in [5.41, 5.74) is 10.0. The third-order valence-electron chi connectivity index (χ3n) is 5.00. The number of hydrogen-bond donors (Lipinski definition) is 0. The van der Waals surface area contributed by atoms with Crippen molar-refractivity contribution in [2.45, 2.75) is 48.5 Å². The lowest BCUT2D eigenvalue weighted by Gasteiger charge is -2.18. The zero-order chi connectivity index (χ0) is 15.9. The molecule has 0 amide bonds. The normalized spacial score (nSPS) is 10.8. The lowest BCUT2D eigenvalue weighted by molar-refractivity contribution is 0.103. The molecule has 21 heavy (non-hydrogen) atoms. The molecular formula is C20H24O. The minimum atomic E-state index is 0.138. The van der Waals surface area contributed by atoms with Crippen LogP contribution in [0.4, 0.5) is 0 Å². The molecule has 0 spiro atoms. The van der Waals surface area contributed by atoms with E-state index in [4.69, 9.17) is 0 Å². The van der Waals surface area contributed by atoms with Crippen molar-refractivity contribution in [1.82, 2.24) is 0 Å². The fraction of sp³-hybridized carbons (Fsp3) is 0.350. The number of aryl methyl sites for hydroxylation is 2. The fourth-order valence-electron chi connectivity index (χ4n) is 2.87. The van der Waals surface area contributed by atoms with Gasteiger partial charge in [0.05, 0.1) is 0 Å². The van der Waals surface area contributed by atoms with E-state index < -0.39 is 0 Å². The molecule has 2 aromatic carbocycles. The average Bonchev–Trinajstić information content (AvgIpc) is 2.46. The van der Waals surface area contributed by atoms with E-state index in [9.17, 15) is 4.79 Å². The van der Waals surface area contributed by atoms with E-state index in [1.165, 1.54) is 22.3 Å². The van der Waals surface area contributed by atoms with Crippen LogP contribution >= 0.6 is 0 Å². The van der Waals surface area contributed by atoms with Gasteiger partial charge in [-0.3, -0.25) is 4.79 Å². The quantitative estimate of drug-likeness (QED) is 0.701. The van der Waals surface area contributed by atoms with Crippen LogP contribution in [0.2, 0.25) is 0 Å². The van der Waals surface area contributed by atoms with E-state index in [1.54, 1.807) is 0 Å². The summed E-state index contributed by atoms with van der Waals surface area (Å²) in [6.45, 7) is 14.6. The molecule has 0 heterocycles. The van der Waals surface area contributed by atoms with Gasteiger partial charge in [0.25, 0.3) is 0 Å². The number of carbonyl (C=O) groups excluding carboxylic acids is 1. The van der Waals surface area contributed by atoms with Crippen LogP contribution in [-0.4, -0.2) is 5.78 Å². The highest BCUT2D eigenvalue weighted by Gasteiger charge is 2.19. The van der Waals surface area contributed by atoms with E-state index in [2.05, 4.69) is 48.5 Å². The molecule has 0 aliphatic heterocycles. The second-order valence-corrected chi connectivity index (χ2v) is 6.13. The highest BCUT2D eigenvalue weighted by molar-refractivity contribution is 6.11. The molecular weight excluding hydrogens is 256 g/mol. The van der Waals surface area contributed by atoms with Crippen molar-refractivity contribution in [2.24, 2.45) is 0 Å². The Bertz CT molecular complexity index is 707. The lowest BCUT2D eigenvalue weighted by atomic mass is 9.86. The fourth-order valence-corrected chi connectivity index (χ4v) is 2.87. The first-order valence-corrected chi connectivity index (χ1v) is 7.44. The van der Waals surface area contributed by atoms with E-state index in [-0.39, 0.29) is 5.78 Å². The molecule has 0 atom stereocenters. The first kappa shape index (κ1) is 15.5. The molecule has 1 nitrogen and oxygen atoms in total. The Morgan fingerprint density at radius 2 is 1.14 bits per heavy atom. The molecule has 0 radical (unpaired) electrons. The standard InChI is InChI=1S/C20H24O/c1-11-8-9-18(10-12(11)2)20(21)19-16(6)14(4)13(3)15(5)17(19)7/h8-10H,1-7H3. The minimum absolute atomic E-state index is 0.138. The van der Waals surface area contributed by atoms with Crippen molar-refractivity contribution in [2.75, 3.05) is 0 Å². The molecule has 2 rings (SSSR count). The number of hydrogen-bond acceptors (Lipinski definition) is 1. The van der Waals surface area contributed by atoms with E-state index in [1.807, 2.05) is 18.2 Å². The van der Waals surface area contributed by atoms with Crippen LogP contribution in [-0.2, 0) is 0 Å². The van der Waals surface area contributed by atoms with Crippen molar-refractivity contribution in [3.63, 3.8) is 0 Å². The Labute approximate surface area is 128 Å². The number of carbonyl (C=O) groups is 1. The van der Waals surface area contributed by atoms with Crippen LogP contribution < -0.4 is 0 Å². The molecule has 0 N–H and O–H groups in total. The van der Waals surface area contributed by atoms with Crippen LogP contribution in [0.15, 0.2) is 18.2 Å². The molecule has 0 aliphatic rings. The van der Waals surface area contributed by atoms with E-state index in [0.29, 0.717) is 0 Å². The molecule has 2 aromatic rings. The Morgan fingerprint density at radius 3 is 1.62 bits per heavy atom. The van der Waals surface area contributed by atoms with Gasteiger partial charge in [0.1, 0.15) is 0 Å². The minimum Gasteiger partial charge on any atom is -0.289 e. The summed E-state index contributed by atoms with van der Waals surface area (Å²) in [7, 11) is 0. The van der Waals surface area contributed by atoms with E-state index in [0.717, 1.165) is 27.8 Å². The monoisotopic (exact) mass is 280 g/mol. The molecule has 0 saturated carbocycles. The van der Waals surface area contributed by atoms with Crippen LogP contribution in [0.25, 0.3) is 0 Å². The summed E-state index contributed by atoms with van der Waals surface area (Å²) < 4.78 is 0. The van der Waals surface area contributed by atoms with Crippen LogP contribution in [0.5, 0.6) is 0 Å². The Morgan fingerprint density at radius 1 is 0.667 bits per heavy atom. The van der Waals surface area contributed by atoms with Gasteiger partial charge in [-0.15, -0.1) is 0 Å². The predicted molar refractivity (Wildman–Crippen MR) is 89.5 cm³/mol. The first-order chi connectivity index (χ1) is 9.75. The maximum atomic E-state index is 13.0. The molecule has 110 valence electrons. The molecule has 0 aromatic heterocycles. The number of ketones is 1. The molecule has 0 aliphatic carbocycles. The zero-order valence-corrected chi connectivity index (χ0v) is 14.1. The third-order valence-corrected chi connectivity index (χ3v) is 5.00. The highest BCUT2D eigenvalue weighted by Crippen LogP contribution is 2.28. The summed E-state index contributed by atoms with van der Waals surface area (Å²) in [5.74, 6) is 0.138. The van der Waals surface area contributed by atoms with Gasteiger partial charge in [0, 0.05) is 11.1 Å². The van der Waals surface area contributed by atoms with Gasteiger partial charge in [0.15, 0.2) is 5.78 Å². The Balaban J connectivity index is 2.66. The Kier molecular flexibility index (Phi) is 4.04. The predicted octanol–water partition coefficient (Wildman–Crippen LogP) is 5.08. The number of rotatable bonds is 2. The second kappa shape index (κ2) is 5.48. The summed E-state index contributed by atoms with van der Waals surface area (Å²) >= 11 is 0. The highest BCUT2D eigenvalue weighted by atomic mass is 16.1. The topological polar surface area (TPSA) is 17.1 Å². The maximum absolute atomic E-state index is 13.0. The second-order valence-electron chi connectivity index (χ2n) is 6.13. The van der Waals surface area contributed by atoms with Crippen LogP contribution in [0, 0.1) is 48.5 Å². The Hall–Kier alpha value is -1.89. The molecule has 0 unspecified atom stereocenters. The van der Waals surface area contributed by atoms with E-state index >= 15 is 0 Å². The first-order valence-electron chi connectivity index (χ1n) is 7.44. The maximum Gasteiger partial charge on any atom is 0.193 e. The summed E-state index contributed by atoms with van der Waals surface area (Å²) in [6, 6.07) is 5.97. The molecule has 0 bridgehead atoms. The average molecular weight is 280 g/mol. The summed E-state index contributed by atoms with van der Waals surface area (Å²) in [6.07, 6.45) is 0. The molecule has 1 heteroatoms. The van der Waals surface area contributed by atoms with Crippen molar-refractivity contribution in [3.05, 3.63) is 68.3 Å². The molecule has 0 fully saturated rings. The van der Waals surface area contributed by atoms with Gasteiger partial charge in [-0.25, -0.2) is 0 Å². The zero-order valence-electron chi connectivity index (χ0n) is 14.1. The summed E-state index contributed by atoms with van der Waals surface area (Å²) in [4.78, 5) is 13.0. The number of benzene rings is 2. The van der Waals surface area contributed by atoms with Gasteiger partial charge in [-0.05, 0) is 93.5 Å².